The van der Waals surface area contributed by atoms with Gasteiger partial charge >= 0.3 is 0 Å². The van der Waals surface area contributed by atoms with Crippen LogP contribution in [-0.4, -0.2) is 29.9 Å². The van der Waals surface area contributed by atoms with Crippen LogP contribution in [0.2, 0.25) is 10.0 Å². The van der Waals surface area contributed by atoms with Crippen molar-refractivity contribution in [2.45, 2.75) is 32.7 Å². The first kappa shape index (κ1) is 14.5. The fourth-order valence-corrected chi connectivity index (χ4v) is 2.75. The number of anilines is 1. The van der Waals surface area contributed by atoms with Gasteiger partial charge < -0.3 is 10.2 Å². The topological polar surface area (TPSA) is 32.3 Å². The number of nitrogens with one attached hydrogen (secondary N) is 1. The number of carbonyl (C=O) groups is 1. The van der Waals surface area contributed by atoms with Gasteiger partial charge in [0.2, 0.25) is 5.91 Å². The van der Waals surface area contributed by atoms with E-state index in [0.29, 0.717) is 16.1 Å². The number of hydrogen-bond donors (Lipinski definition) is 1. The Morgan fingerprint density at radius 2 is 1.89 bits per heavy atom. The molecule has 0 bridgehead atoms. The molecule has 0 atom stereocenters. The number of likely N-dealkylation sites (tertiary alicyclic amines) is 1. The van der Waals surface area contributed by atoms with Crippen molar-refractivity contribution >= 4 is 34.8 Å². The van der Waals surface area contributed by atoms with Gasteiger partial charge in [0.1, 0.15) is 0 Å². The van der Waals surface area contributed by atoms with Gasteiger partial charge in [-0.25, -0.2) is 0 Å². The summed E-state index contributed by atoms with van der Waals surface area (Å²) in [5, 5.41) is 4.83. The molecule has 1 heterocycles. The number of benzene rings is 1. The number of carbonyl (C=O) groups excluding carboxylic acids is 1. The molecular formula is C14H18Cl2N2O. The minimum atomic E-state index is 0.148. The molecule has 1 aromatic rings. The van der Waals surface area contributed by atoms with Crippen LogP contribution in [0.25, 0.3) is 0 Å². The number of halogens is 2. The highest BCUT2D eigenvalue weighted by Gasteiger charge is 2.21. The predicted octanol–water partition coefficient (Wildman–Crippen LogP) is 3.72. The summed E-state index contributed by atoms with van der Waals surface area (Å²) >= 11 is 12.3. The number of nitrogens with zero attached hydrogens (tertiary/aromatic N) is 1. The molecule has 0 aromatic heterocycles. The third-order valence-electron chi connectivity index (χ3n) is 3.55. The quantitative estimate of drug-likeness (QED) is 0.903. The Balaban J connectivity index is 1.99. The molecule has 5 heteroatoms. The molecule has 1 aromatic carbocycles. The minimum Gasteiger partial charge on any atom is -0.381 e. The molecule has 3 nitrogen and oxygen atoms in total. The minimum absolute atomic E-state index is 0.148. The van der Waals surface area contributed by atoms with Crippen molar-refractivity contribution in [3.8, 4) is 0 Å². The molecule has 1 aliphatic heterocycles. The molecule has 1 amide bonds. The van der Waals surface area contributed by atoms with E-state index in [-0.39, 0.29) is 5.91 Å². The summed E-state index contributed by atoms with van der Waals surface area (Å²) in [4.78, 5) is 13.1. The van der Waals surface area contributed by atoms with Crippen molar-refractivity contribution < 1.29 is 4.79 Å². The molecule has 2 rings (SSSR count). The van der Waals surface area contributed by atoms with Crippen molar-refractivity contribution in [1.29, 1.82) is 0 Å². The van der Waals surface area contributed by atoms with E-state index in [9.17, 15) is 4.79 Å². The van der Waals surface area contributed by atoms with Crippen LogP contribution in [0, 0.1) is 6.92 Å². The molecule has 1 N–H and O–H groups in total. The van der Waals surface area contributed by atoms with Gasteiger partial charge in [0, 0.05) is 31.1 Å². The average molecular weight is 301 g/mol. The summed E-state index contributed by atoms with van der Waals surface area (Å²) in [7, 11) is 0. The number of hydrogen-bond acceptors (Lipinski definition) is 2. The monoisotopic (exact) mass is 300 g/mol. The van der Waals surface area contributed by atoms with Crippen molar-refractivity contribution in [2.24, 2.45) is 0 Å². The molecule has 0 radical (unpaired) electrons. The van der Waals surface area contributed by atoms with Gasteiger partial charge in [-0.3, -0.25) is 4.79 Å². The summed E-state index contributed by atoms with van der Waals surface area (Å²) in [6.45, 7) is 5.14. The molecule has 104 valence electrons. The van der Waals surface area contributed by atoms with Crippen molar-refractivity contribution in [2.75, 3.05) is 18.4 Å². The van der Waals surface area contributed by atoms with E-state index in [1.807, 2.05) is 24.0 Å². The van der Waals surface area contributed by atoms with Gasteiger partial charge in [0.25, 0.3) is 0 Å². The van der Waals surface area contributed by atoms with Crippen LogP contribution < -0.4 is 5.32 Å². The van der Waals surface area contributed by atoms with E-state index in [2.05, 4.69) is 5.32 Å². The first-order chi connectivity index (χ1) is 8.97. The summed E-state index contributed by atoms with van der Waals surface area (Å²) in [6.07, 6.45) is 1.86. The summed E-state index contributed by atoms with van der Waals surface area (Å²) in [6, 6.07) is 4.08. The number of piperidine rings is 1. The SMILES string of the molecule is CC(=O)N1CCC(Nc2cc(Cl)c(C)cc2Cl)CC1. The number of rotatable bonds is 2. The zero-order valence-electron chi connectivity index (χ0n) is 11.2. The summed E-state index contributed by atoms with van der Waals surface area (Å²) < 4.78 is 0. The van der Waals surface area contributed by atoms with E-state index in [1.54, 1.807) is 6.92 Å². The van der Waals surface area contributed by atoms with Gasteiger partial charge in [-0.15, -0.1) is 0 Å². The lowest BCUT2D eigenvalue weighted by Gasteiger charge is -2.32. The van der Waals surface area contributed by atoms with E-state index in [4.69, 9.17) is 23.2 Å². The van der Waals surface area contributed by atoms with Crippen LogP contribution in [0.3, 0.4) is 0 Å². The third kappa shape index (κ3) is 3.54. The Morgan fingerprint density at radius 3 is 2.47 bits per heavy atom. The van der Waals surface area contributed by atoms with Gasteiger partial charge in [0.05, 0.1) is 10.7 Å². The van der Waals surface area contributed by atoms with Gasteiger partial charge in [-0.05, 0) is 37.5 Å². The molecule has 0 aliphatic carbocycles. The van der Waals surface area contributed by atoms with E-state index in [1.165, 1.54) is 0 Å². The van der Waals surface area contributed by atoms with Crippen LogP contribution in [0.5, 0.6) is 0 Å². The van der Waals surface area contributed by atoms with Crippen molar-refractivity contribution in [3.63, 3.8) is 0 Å². The van der Waals surface area contributed by atoms with Crippen LogP contribution in [-0.2, 0) is 4.79 Å². The Hall–Kier alpha value is -0.930. The lowest BCUT2D eigenvalue weighted by molar-refractivity contribution is -0.129. The van der Waals surface area contributed by atoms with Crippen molar-refractivity contribution in [3.05, 3.63) is 27.7 Å². The highest BCUT2D eigenvalue weighted by Crippen LogP contribution is 2.30. The lowest BCUT2D eigenvalue weighted by Crippen LogP contribution is -2.41. The summed E-state index contributed by atoms with van der Waals surface area (Å²) in [5.74, 6) is 0.148. The molecule has 0 saturated carbocycles. The van der Waals surface area contributed by atoms with Gasteiger partial charge in [0.15, 0.2) is 0 Å². The normalized spacial score (nSPS) is 16.5. The standard InChI is InChI=1S/C14H18Cl2N2O/c1-9-7-13(16)14(8-12(9)15)17-11-3-5-18(6-4-11)10(2)19/h7-8,11,17H,3-6H2,1-2H3. The molecular weight excluding hydrogens is 283 g/mol. The lowest BCUT2D eigenvalue weighted by atomic mass is 10.0. The highest BCUT2D eigenvalue weighted by atomic mass is 35.5. The largest absolute Gasteiger partial charge is 0.381 e. The molecule has 1 aliphatic rings. The Bertz CT molecular complexity index is 483. The second-order valence-corrected chi connectivity index (χ2v) is 5.82. The maximum atomic E-state index is 11.3. The second kappa shape index (κ2) is 6.02. The molecule has 19 heavy (non-hydrogen) atoms. The predicted molar refractivity (Wildman–Crippen MR) is 80.1 cm³/mol. The Morgan fingerprint density at radius 1 is 1.26 bits per heavy atom. The van der Waals surface area contributed by atoms with Crippen LogP contribution >= 0.6 is 23.2 Å². The maximum Gasteiger partial charge on any atom is 0.219 e. The fourth-order valence-electron chi connectivity index (χ4n) is 2.32. The molecule has 1 saturated heterocycles. The highest BCUT2D eigenvalue weighted by molar-refractivity contribution is 6.35. The van der Waals surface area contributed by atoms with Crippen molar-refractivity contribution in [1.82, 2.24) is 4.90 Å². The van der Waals surface area contributed by atoms with Crippen LogP contribution in [0.4, 0.5) is 5.69 Å². The van der Waals surface area contributed by atoms with E-state index in [0.717, 1.165) is 37.2 Å². The maximum absolute atomic E-state index is 11.3. The fraction of sp³-hybridized carbons (Fsp3) is 0.500. The second-order valence-electron chi connectivity index (χ2n) is 5.01. The van der Waals surface area contributed by atoms with Gasteiger partial charge in [-0.1, -0.05) is 23.2 Å². The van der Waals surface area contributed by atoms with Crippen LogP contribution in [0.15, 0.2) is 12.1 Å². The average Bonchev–Trinajstić information content (AvgIpc) is 2.36. The molecule has 1 fully saturated rings. The van der Waals surface area contributed by atoms with E-state index >= 15 is 0 Å². The van der Waals surface area contributed by atoms with E-state index < -0.39 is 0 Å². The number of amides is 1. The van der Waals surface area contributed by atoms with Gasteiger partial charge in [-0.2, -0.15) is 0 Å². The smallest absolute Gasteiger partial charge is 0.219 e. The number of aryl methyl sites for hydroxylation is 1. The summed E-state index contributed by atoms with van der Waals surface area (Å²) in [5.41, 5.74) is 1.85. The third-order valence-corrected chi connectivity index (χ3v) is 4.27. The Labute approximate surface area is 123 Å². The molecule has 0 spiro atoms. The van der Waals surface area contributed by atoms with Crippen LogP contribution in [0.1, 0.15) is 25.3 Å². The molecule has 0 unspecified atom stereocenters. The first-order valence-electron chi connectivity index (χ1n) is 6.45. The Kier molecular flexibility index (Phi) is 4.58. The first-order valence-corrected chi connectivity index (χ1v) is 7.20. The zero-order valence-corrected chi connectivity index (χ0v) is 12.7. The zero-order chi connectivity index (χ0) is 14.0.